The molecule has 1 aliphatic rings. The van der Waals surface area contributed by atoms with Gasteiger partial charge in [0.05, 0.1) is 18.6 Å². The Morgan fingerprint density at radius 3 is 2.86 bits per heavy atom. The molecule has 8 nitrogen and oxygen atoms in total. The van der Waals surface area contributed by atoms with E-state index in [2.05, 4.69) is 27.0 Å². The molecule has 0 radical (unpaired) electrons. The average molecular weight is 398 g/mol. The quantitative estimate of drug-likeness (QED) is 0.396. The lowest BCUT2D eigenvalue weighted by molar-refractivity contribution is 0.530. The zero-order chi connectivity index (χ0) is 19.5. The van der Waals surface area contributed by atoms with Crippen molar-refractivity contribution in [3.8, 4) is 11.8 Å². The van der Waals surface area contributed by atoms with E-state index in [-0.39, 0.29) is 5.56 Å². The first kappa shape index (κ1) is 18.7. The maximum absolute atomic E-state index is 13.1. The number of aromatic nitrogens is 4. The van der Waals surface area contributed by atoms with E-state index in [0.717, 1.165) is 37.9 Å². The number of hydrogen-bond donors (Lipinski definition) is 1. The van der Waals surface area contributed by atoms with E-state index < -0.39 is 0 Å². The van der Waals surface area contributed by atoms with Crippen molar-refractivity contribution >= 4 is 28.9 Å². The lowest BCUT2D eigenvalue weighted by Crippen LogP contribution is -2.44. The summed E-state index contributed by atoms with van der Waals surface area (Å²) in [7, 11) is 1.74. The molecule has 0 amide bonds. The maximum atomic E-state index is 13.1. The molecule has 1 N–H and O–H groups in total. The second-order valence-corrected chi connectivity index (χ2v) is 7.40. The number of anilines is 1. The normalized spacial score (nSPS) is 14.3. The minimum atomic E-state index is -0.112. The predicted octanol–water partition coefficient (Wildman–Crippen LogP) is 1.45. The number of thioether (sulfide) groups is 1. The number of fused-ring (bicyclic) bond motifs is 1. The molecular weight excluding hydrogens is 376 g/mol. The van der Waals surface area contributed by atoms with Crippen LogP contribution in [-0.2, 0) is 19.3 Å². The van der Waals surface area contributed by atoms with E-state index in [9.17, 15) is 4.79 Å². The number of imidazole rings is 1. The average Bonchev–Trinajstić information content (AvgIpc) is 3.36. The van der Waals surface area contributed by atoms with Gasteiger partial charge in [-0.3, -0.25) is 13.9 Å². The van der Waals surface area contributed by atoms with E-state index in [0.29, 0.717) is 28.6 Å². The highest BCUT2D eigenvalue weighted by molar-refractivity contribution is 7.98. The molecule has 0 unspecified atom stereocenters. The zero-order valence-corrected chi connectivity index (χ0v) is 16.8. The van der Waals surface area contributed by atoms with Crippen LogP contribution in [0.25, 0.3) is 11.2 Å². The highest BCUT2D eigenvalue weighted by atomic mass is 32.2. The fourth-order valence-electron chi connectivity index (χ4n) is 3.20. The monoisotopic (exact) mass is 398 g/mol. The molecule has 3 aromatic heterocycles. The van der Waals surface area contributed by atoms with Gasteiger partial charge in [-0.15, -0.1) is 5.92 Å². The second kappa shape index (κ2) is 8.12. The predicted molar refractivity (Wildman–Crippen MR) is 110 cm³/mol. The lowest BCUT2D eigenvalue weighted by atomic mass is 10.4. The van der Waals surface area contributed by atoms with Gasteiger partial charge in [0, 0.05) is 33.2 Å². The smallest absolute Gasteiger partial charge is 0.280 e. The molecule has 0 atom stereocenters. The van der Waals surface area contributed by atoms with Gasteiger partial charge >= 0.3 is 0 Å². The molecule has 0 spiro atoms. The van der Waals surface area contributed by atoms with E-state index in [1.807, 2.05) is 16.7 Å². The largest absolute Gasteiger partial charge is 0.468 e. The number of nitrogens with one attached hydrogen (secondary N) is 1. The Bertz CT molecular complexity index is 1080. The third kappa shape index (κ3) is 3.53. The first-order chi connectivity index (χ1) is 13.7. The fourth-order valence-corrected chi connectivity index (χ4v) is 4.07. The van der Waals surface area contributed by atoms with Gasteiger partial charge in [0.2, 0.25) is 5.95 Å². The van der Waals surface area contributed by atoms with Crippen molar-refractivity contribution in [3.63, 3.8) is 0 Å². The lowest BCUT2D eigenvalue weighted by Gasteiger charge is -2.28. The molecule has 1 aliphatic heterocycles. The molecule has 0 bridgehead atoms. The van der Waals surface area contributed by atoms with E-state index >= 15 is 0 Å². The minimum absolute atomic E-state index is 0.112. The molecule has 9 heteroatoms. The minimum Gasteiger partial charge on any atom is -0.468 e. The van der Waals surface area contributed by atoms with Crippen LogP contribution in [0, 0.1) is 11.8 Å². The highest BCUT2D eigenvalue weighted by Crippen LogP contribution is 2.24. The van der Waals surface area contributed by atoms with Crippen LogP contribution in [0.5, 0.6) is 0 Å². The molecule has 0 aliphatic carbocycles. The van der Waals surface area contributed by atoms with Gasteiger partial charge in [-0.2, -0.15) is 4.98 Å². The summed E-state index contributed by atoms with van der Waals surface area (Å²) in [4.78, 5) is 24.7. The third-order valence-electron chi connectivity index (χ3n) is 4.66. The first-order valence-corrected chi connectivity index (χ1v) is 10.2. The van der Waals surface area contributed by atoms with Crippen molar-refractivity contribution in [2.45, 2.75) is 24.4 Å². The molecule has 3 aromatic rings. The summed E-state index contributed by atoms with van der Waals surface area (Å²) in [5, 5.41) is 3.96. The summed E-state index contributed by atoms with van der Waals surface area (Å²) in [5.41, 5.74) is 0.858. The maximum Gasteiger partial charge on any atom is 0.280 e. The van der Waals surface area contributed by atoms with Crippen LogP contribution in [0.15, 0.2) is 32.8 Å². The Morgan fingerprint density at radius 1 is 1.32 bits per heavy atom. The molecule has 4 heterocycles. The zero-order valence-electron chi connectivity index (χ0n) is 15.9. The number of piperazine rings is 1. The molecule has 1 fully saturated rings. The second-order valence-electron chi connectivity index (χ2n) is 6.46. The van der Waals surface area contributed by atoms with Crippen LogP contribution in [-0.4, -0.2) is 45.3 Å². The summed E-state index contributed by atoms with van der Waals surface area (Å²) in [6.07, 6.45) is 1.64. The molecule has 4 rings (SSSR count). The van der Waals surface area contributed by atoms with Crippen LogP contribution in [0.1, 0.15) is 12.7 Å². The van der Waals surface area contributed by atoms with Gasteiger partial charge in [-0.25, -0.2) is 4.98 Å². The first-order valence-electron chi connectivity index (χ1n) is 9.16. The Balaban J connectivity index is 1.77. The molecule has 28 heavy (non-hydrogen) atoms. The summed E-state index contributed by atoms with van der Waals surface area (Å²) in [6, 6.07) is 3.76. The standard InChI is InChI=1S/C19H22N6O2S/c1-3-4-9-25-15-16(21-18(25)24-10-7-20-8-11-24)22-19(23(2)17(15)26)28-13-14-6-5-12-27-14/h5-6,12,20H,7-11,13H2,1-2H3. The summed E-state index contributed by atoms with van der Waals surface area (Å²) < 4.78 is 8.85. The van der Waals surface area contributed by atoms with Crippen LogP contribution in [0.4, 0.5) is 5.95 Å². The van der Waals surface area contributed by atoms with Gasteiger partial charge in [0.25, 0.3) is 5.56 Å². The Hall–Kier alpha value is -2.70. The van der Waals surface area contributed by atoms with Crippen molar-refractivity contribution in [3.05, 3.63) is 34.5 Å². The fraction of sp³-hybridized carbons (Fsp3) is 0.421. The van der Waals surface area contributed by atoms with E-state index in [1.165, 1.54) is 11.8 Å². The van der Waals surface area contributed by atoms with Crippen LogP contribution >= 0.6 is 11.8 Å². The van der Waals surface area contributed by atoms with E-state index in [4.69, 9.17) is 9.40 Å². The SMILES string of the molecule is CC#CCn1c(N2CCNCC2)nc2nc(SCc3ccco3)n(C)c(=O)c21. The van der Waals surface area contributed by atoms with Crippen LogP contribution < -0.4 is 15.8 Å². The Kier molecular flexibility index (Phi) is 5.41. The van der Waals surface area contributed by atoms with Crippen molar-refractivity contribution in [2.75, 3.05) is 31.1 Å². The summed E-state index contributed by atoms with van der Waals surface area (Å²) in [6.45, 7) is 5.66. The van der Waals surface area contributed by atoms with Crippen molar-refractivity contribution in [2.24, 2.45) is 7.05 Å². The number of hydrogen-bond acceptors (Lipinski definition) is 7. The van der Waals surface area contributed by atoms with Crippen molar-refractivity contribution in [1.82, 2.24) is 24.4 Å². The molecule has 1 saturated heterocycles. The molecule has 0 saturated carbocycles. The highest BCUT2D eigenvalue weighted by Gasteiger charge is 2.23. The van der Waals surface area contributed by atoms with E-state index in [1.54, 1.807) is 24.8 Å². The van der Waals surface area contributed by atoms with Gasteiger partial charge in [-0.05, 0) is 19.1 Å². The van der Waals surface area contributed by atoms with Gasteiger partial charge in [-0.1, -0.05) is 17.7 Å². The summed E-state index contributed by atoms with van der Waals surface area (Å²) in [5.74, 6) is 8.17. The summed E-state index contributed by atoms with van der Waals surface area (Å²) >= 11 is 1.46. The Morgan fingerprint density at radius 2 is 2.14 bits per heavy atom. The number of nitrogens with zero attached hydrogens (tertiary/aromatic N) is 5. The van der Waals surface area contributed by atoms with Gasteiger partial charge in [0.15, 0.2) is 16.3 Å². The molecule has 0 aromatic carbocycles. The van der Waals surface area contributed by atoms with Crippen LogP contribution in [0.2, 0.25) is 0 Å². The van der Waals surface area contributed by atoms with Crippen molar-refractivity contribution in [1.29, 1.82) is 0 Å². The van der Waals surface area contributed by atoms with Crippen LogP contribution in [0.3, 0.4) is 0 Å². The number of furan rings is 1. The topological polar surface area (TPSA) is 81.1 Å². The van der Waals surface area contributed by atoms with Gasteiger partial charge < -0.3 is 14.6 Å². The van der Waals surface area contributed by atoms with Crippen molar-refractivity contribution < 1.29 is 4.42 Å². The molecular formula is C19H22N6O2S. The Labute approximate surface area is 166 Å². The number of rotatable bonds is 5. The third-order valence-corrected chi connectivity index (χ3v) is 5.71. The molecule has 146 valence electrons. The van der Waals surface area contributed by atoms with Gasteiger partial charge in [0.1, 0.15) is 5.76 Å².